The number of rotatable bonds is 6. The monoisotopic (exact) mass is 493 g/mol. The summed E-state index contributed by atoms with van der Waals surface area (Å²) in [7, 11) is 1.43. The van der Waals surface area contributed by atoms with Crippen molar-refractivity contribution in [2.75, 3.05) is 12.4 Å². The molecule has 2 N–H and O–H groups in total. The predicted octanol–water partition coefficient (Wildman–Crippen LogP) is 4.66. The van der Waals surface area contributed by atoms with Gasteiger partial charge in [0.1, 0.15) is 0 Å². The van der Waals surface area contributed by atoms with Crippen LogP contribution in [0.15, 0.2) is 65.8 Å². The fourth-order valence-corrected chi connectivity index (χ4v) is 3.43. The number of benzene rings is 3. The summed E-state index contributed by atoms with van der Waals surface area (Å²) < 4.78 is 10.8. The predicted molar refractivity (Wildman–Crippen MR) is 134 cm³/mol. The summed E-state index contributed by atoms with van der Waals surface area (Å²) >= 11 is 5.93. The van der Waals surface area contributed by atoms with Gasteiger partial charge in [-0.1, -0.05) is 23.7 Å². The molecule has 0 saturated heterocycles. The zero-order chi connectivity index (χ0) is 25.5. The van der Waals surface area contributed by atoms with E-state index in [0.29, 0.717) is 27.5 Å². The first-order chi connectivity index (χ1) is 16.7. The second-order valence-electron chi connectivity index (χ2n) is 7.73. The lowest BCUT2D eigenvalue weighted by molar-refractivity contribution is -0.136. The number of hydrogen-bond donors (Lipinski definition) is 2. The fourth-order valence-electron chi connectivity index (χ4n) is 3.24. The highest BCUT2D eigenvalue weighted by Crippen LogP contribution is 2.29. The van der Waals surface area contributed by atoms with Crippen LogP contribution in [0.5, 0.6) is 11.5 Å². The molecule has 3 rings (SSSR count). The average molecular weight is 494 g/mol. The number of esters is 1. The smallest absolute Gasteiger partial charge is 0.343 e. The van der Waals surface area contributed by atoms with Crippen molar-refractivity contribution in [3.8, 4) is 11.5 Å². The summed E-state index contributed by atoms with van der Waals surface area (Å²) in [6, 6.07) is 16.7. The van der Waals surface area contributed by atoms with Gasteiger partial charge in [-0.3, -0.25) is 9.59 Å². The number of halogens is 1. The molecule has 3 aromatic carbocycles. The van der Waals surface area contributed by atoms with E-state index in [2.05, 4.69) is 15.8 Å². The molecular weight excluding hydrogens is 470 g/mol. The maximum absolute atomic E-state index is 12.4. The van der Waals surface area contributed by atoms with Gasteiger partial charge in [-0.15, -0.1) is 0 Å². The summed E-state index contributed by atoms with van der Waals surface area (Å²) in [4.78, 5) is 36.8. The van der Waals surface area contributed by atoms with Crippen LogP contribution in [-0.4, -0.2) is 30.6 Å². The van der Waals surface area contributed by atoms with Gasteiger partial charge in [0, 0.05) is 16.3 Å². The van der Waals surface area contributed by atoms with E-state index >= 15 is 0 Å². The van der Waals surface area contributed by atoms with Crippen LogP contribution in [0.3, 0.4) is 0 Å². The number of amides is 2. The summed E-state index contributed by atoms with van der Waals surface area (Å²) in [5.74, 6) is -1.86. The molecule has 0 radical (unpaired) electrons. The molecule has 180 valence electrons. The summed E-state index contributed by atoms with van der Waals surface area (Å²) in [5, 5.41) is 6.96. The van der Waals surface area contributed by atoms with Crippen molar-refractivity contribution >= 4 is 40.8 Å². The van der Waals surface area contributed by atoms with Crippen LogP contribution < -0.4 is 20.2 Å². The van der Waals surface area contributed by atoms with E-state index in [4.69, 9.17) is 21.1 Å². The Labute approximate surface area is 207 Å². The molecule has 0 atom stereocenters. The largest absolute Gasteiger partial charge is 0.493 e. The van der Waals surface area contributed by atoms with E-state index in [1.165, 1.54) is 13.2 Å². The molecule has 2 amide bonds. The second kappa shape index (κ2) is 11.3. The number of carbonyl (C=O) groups excluding carboxylic acids is 3. The third-order valence-electron chi connectivity index (χ3n) is 4.86. The molecule has 0 saturated carbocycles. The Morgan fingerprint density at radius 1 is 0.857 bits per heavy atom. The fraction of sp³-hybridized carbons (Fsp3) is 0.154. The Bertz CT molecular complexity index is 1300. The van der Waals surface area contributed by atoms with E-state index in [1.54, 1.807) is 55.5 Å². The summed E-state index contributed by atoms with van der Waals surface area (Å²) in [6.45, 7) is 5.44. The first-order valence-corrected chi connectivity index (χ1v) is 10.9. The number of hydrogen-bond acceptors (Lipinski definition) is 6. The van der Waals surface area contributed by atoms with Gasteiger partial charge in [0.25, 0.3) is 0 Å². The van der Waals surface area contributed by atoms with Crippen molar-refractivity contribution in [1.82, 2.24) is 5.43 Å². The number of ether oxygens (including phenoxy) is 2. The topological polar surface area (TPSA) is 106 Å². The molecule has 0 aliphatic carbocycles. The van der Waals surface area contributed by atoms with Crippen LogP contribution in [0.2, 0.25) is 5.02 Å². The Balaban J connectivity index is 1.67. The molecule has 35 heavy (non-hydrogen) atoms. The van der Waals surface area contributed by atoms with Gasteiger partial charge in [0.15, 0.2) is 11.5 Å². The molecule has 0 bridgehead atoms. The van der Waals surface area contributed by atoms with E-state index in [-0.39, 0.29) is 11.5 Å². The van der Waals surface area contributed by atoms with Gasteiger partial charge in [-0.2, -0.15) is 5.10 Å². The number of methoxy groups -OCH3 is 1. The molecule has 9 heteroatoms. The highest BCUT2D eigenvalue weighted by atomic mass is 35.5. The van der Waals surface area contributed by atoms with Gasteiger partial charge in [0.05, 0.1) is 18.4 Å². The van der Waals surface area contributed by atoms with Crippen LogP contribution >= 0.6 is 11.6 Å². The van der Waals surface area contributed by atoms with E-state index in [0.717, 1.165) is 11.1 Å². The van der Waals surface area contributed by atoms with Gasteiger partial charge < -0.3 is 14.8 Å². The zero-order valence-electron chi connectivity index (χ0n) is 19.6. The third kappa shape index (κ3) is 6.91. The van der Waals surface area contributed by atoms with Crippen LogP contribution in [0.25, 0.3) is 0 Å². The number of carbonyl (C=O) groups is 3. The normalized spacial score (nSPS) is 10.9. The van der Waals surface area contributed by atoms with Crippen molar-refractivity contribution in [2.45, 2.75) is 20.8 Å². The maximum atomic E-state index is 12.4. The molecule has 8 nitrogen and oxygen atoms in total. The van der Waals surface area contributed by atoms with E-state index in [1.807, 2.05) is 19.9 Å². The number of anilines is 1. The molecule has 0 spiro atoms. The lowest BCUT2D eigenvalue weighted by Crippen LogP contribution is -2.33. The molecule has 0 aliphatic rings. The Hall–Kier alpha value is -4.17. The van der Waals surface area contributed by atoms with Crippen molar-refractivity contribution < 1.29 is 23.9 Å². The first kappa shape index (κ1) is 25.5. The number of nitrogens with one attached hydrogen (secondary N) is 2. The summed E-state index contributed by atoms with van der Waals surface area (Å²) in [6.07, 6.45) is 0. The van der Waals surface area contributed by atoms with Crippen molar-refractivity contribution in [2.24, 2.45) is 5.10 Å². The molecule has 0 fully saturated rings. The highest BCUT2D eigenvalue weighted by Gasteiger charge is 2.16. The lowest BCUT2D eigenvalue weighted by Gasteiger charge is -2.11. The Kier molecular flexibility index (Phi) is 8.22. The SMILES string of the molecule is COc1cc(/C(C)=N/NC(=O)C(=O)Nc2cc(C)cc(C)c2)ccc1OC(=O)c1cccc(Cl)c1. The molecule has 0 aromatic heterocycles. The number of nitrogens with zero attached hydrogens (tertiary/aromatic N) is 1. The third-order valence-corrected chi connectivity index (χ3v) is 5.09. The average Bonchev–Trinajstić information content (AvgIpc) is 2.81. The van der Waals surface area contributed by atoms with Gasteiger partial charge in [-0.25, -0.2) is 10.2 Å². The zero-order valence-corrected chi connectivity index (χ0v) is 20.4. The molecule has 0 unspecified atom stereocenters. The van der Waals surface area contributed by atoms with Crippen molar-refractivity contribution in [3.63, 3.8) is 0 Å². The Morgan fingerprint density at radius 3 is 2.23 bits per heavy atom. The van der Waals surface area contributed by atoms with Crippen LogP contribution in [0.4, 0.5) is 5.69 Å². The van der Waals surface area contributed by atoms with Crippen LogP contribution in [-0.2, 0) is 9.59 Å². The van der Waals surface area contributed by atoms with E-state index < -0.39 is 17.8 Å². The minimum absolute atomic E-state index is 0.200. The first-order valence-electron chi connectivity index (χ1n) is 10.6. The highest BCUT2D eigenvalue weighted by molar-refractivity contribution is 6.39. The molecule has 0 aliphatic heterocycles. The van der Waals surface area contributed by atoms with Crippen molar-refractivity contribution in [3.05, 3.63) is 87.9 Å². The number of hydrazone groups is 1. The summed E-state index contributed by atoms with van der Waals surface area (Å²) in [5.41, 5.74) is 5.97. The standard InChI is InChI=1S/C26H24ClN3O5/c1-15-10-16(2)12-21(11-15)28-24(31)25(32)30-29-17(3)18-8-9-22(23(14-18)34-4)35-26(33)19-6-5-7-20(27)13-19/h5-14H,1-4H3,(H,28,31)(H,30,32)/b29-17+. The molecule has 0 heterocycles. The Morgan fingerprint density at radius 2 is 1.57 bits per heavy atom. The van der Waals surface area contributed by atoms with Crippen LogP contribution in [0, 0.1) is 13.8 Å². The van der Waals surface area contributed by atoms with Crippen LogP contribution in [0.1, 0.15) is 34.0 Å². The lowest BCUT2D eigenvalue weighted by atomic mass is 10.1. The molecule has 3 aromatic rings. The maximum Gasteiger partial charge on any atom is 0.343 e. The van der Waals surface area contributed by atoms with E-state index in [9.17, 15) is 14.4 Å². The molecular formula is C26H24ClN3O5. The van der Waals surface area contributed by atoms with Crippen molar-refractivity contribution in [1.29, 1.82) is 0 Å². The van der Waals surface area contributed by atoms with Gasteiger partial charge in [-0.05, 0) is 80.4 Å². The second-order valence-corrected chi connectivity index (χ2v) is 8.17. The number of aryl methyl sites for hydroxylation is 2. The van der Waals surface area contributed by atoms with Gasteiger partial charge in [0.2, 0.25) is 0 Å². The van der Waals surface area contributed by atoms with Gasteiger partial charge >= 0.3 is 17.8 Å². The quantitative estimate of drug-likeness (QED) is 0.171. The minimum Gasteiger partial charge on any atom is -0.493 e. The minimum atomic E-state index is -0.914.